The second kappa shape index (κ2) is 1.97. The lowest BCUT2D eigenvalue weighted by atomic mass is 11.4. The van der Waals surface area contributed by atoms with E-state index in [2.05, 4.69) is 15.4 Å². The Bertz CT molecular complexity index is 182. The fourth-order valence-electron chi connectivity index (χ4n) is 0.227. The first-order chi connectivity index (χ1) is 3.80. The van der Waals surface area contributed by atoms with Gasteiger partial charge in [0.15, 0.2) is 0 Å². The highest BCUT2D eigenvalue weighted by atomic mass is 32.2. The van der Waals surface area contributed by atoms with Gasteiger partial charge in [0.1, 0.15) is 0 Å². The Hall–Kier alpha value is -0.820. The summed E-state index contributed by atoms with van der Waals surface area (Å²) in [4.78, 5) is 0. The molecule has 0 radical (unpaired) electrons. The quantitative estimate of drug-likeness (QED) is 0.470. The van der Waals surface area contributed by atoms with Crippen molar-refractivity contribution in [1.82, 2.24) is 20.6 Å². The van der Waals surface area contributed by atoms with Gasteiger partial charge in [0.2, 0.25) is 11.1 Å². The minimum absolute atomic E-state index is 0.204. The summed E-state index contributed by atoms with van der Waals surface area (Å²) in [6.45, 7) is 0. The van der Waals surface area contributed by atoms with E-state index < -0.39 is 11.1 Å². The molecule has 2 N–H and O–H groups in total. The van der Waals surface area contributed by atoms with Crippen LogP contribution in [0, 0.1) is 0 Å². The average molecular weight is 134 g/mol. The maximum absolute atomic E-state index is 9.99. The Kier molecular flexibility index (Phi) is 1.31. The fourth-order valence-corrected chi connectivity index (χ4v) is 0.456. The van der Waals surface area contributed by atoms with Gasteiger partial charge < -0.3 is 0 Å². The SMILES string of the molecule is O=S(O)c1nn[nH]n1. The Morgan fingerprint density at radius 3 is 2.75 bits per heavy atom. The van der Waals surface area contributed by atoms with Gasteiger partial charge in [-0.15, -0.1) is 5.10 Å². The van der Waals surface area contributed by atoms with E-state index in [4.69, 9.17) is 4.55 Å². The van der Waals surface area contributed by atoms with E-state index in [0.29, 0.717) is 0 Å². The molecule has 0 aliphatic rings. The van der Waals surface area contributed by atoms with Crippen molar-refractivity contribution < 1.29 is 8.76 Å². The van der Waals surface area contributed by atoms with Crippen LogP contribution in [0.15, 0.2) is 5.16 Å². The highest BCUT2D eigenvalue weighted by Crippen LogP contribution is 1.85. The van der Waals surface area contributed by atoms with Gasteiger partial charge in [-0.05, 0) is 5.21 Å². The van der Waals surface area contributed by atoms with Crippen molar-refractivity contribution in [2.45, 2.75) is 5.16 Å². The molecular formula is CH2N4O2S. The van der Waals surface area contributed by atoms with Crippen molar-refractivity contribution in [1.29, 1.82) is 0 Å². The Morgan fingerprint density at radius 2 is 2.50 bits per heavy atom. The van der Waals surface area contributed by atoms with Crippen molar-refractivity contribution in [3.05, 3.63) is 0 Å². The van der Waals surface area contributed by atoms with E-state index in [1.807, 2.05) is 5.21 Å². The second-order valence-electron chi connectivity index (χ2n) is 0.944. The van der Waals surface area contributed by atoms with Crippen molar-refractivity contribution in [2.75, 3.05) is 0 Å². The first-order valence-electron chi connectivity index (χ1n) is 1.65. The largest absolute Gasteiger partial charge is 0.300 e. The number of rotatable bonds is 1. The van der Waals surface area contributed by atoms with Gasteiger partial charge in [-0.25, -0.2) is 4.21 Å². The summed E-state index contributed by atoms with van der Waals surface area (Å²) in [5.74, 6) is 0. The number of hydrogen-bond acceptors (Lipinski definition) is 4. The highest BCUT2D eigenvalue weighted by molar-refractivity contribution is 7.79. The number of aromatic nitrogens is 4. The Balaban J connectivity index is 2.93. The molecule has 0 fully saturated rings. The zero-order chi connectivity index (χ0) is 5.98. The molecule has 0 aliphatic heterocycles. The molecule has 0 saturated carbocycles. The van der Waals surface area contributed by atoms with Crippen LogP contribution in [0.3, 0.4) is 0 Å². The monoisotopic (exact) mass is 134 g/mol. The van der Waals surface area contributed by atoms with Crippen molar-refractivity contribution in [2.24, 2.45) is 0 Å². The standard InChI is InChI=1S/CH2N4O2S/c6-8(7)1-2-4-5-3-1/h(H,6,7)(H,2,3,4,5). The molecule has 8 heavy (non-hydrogen) atoms. The Morgan fingerprint density at radius 1 is 1.75 bits per heavy atom. The topological polar surface area (TPSA) is 91.8 Å². The summed E-state index contributed by atoms with van der Waals surface area (Å²) >= 11 is -2.11. The molecular weight excluding hydrogens is 132 g/mol. The minimum atomic E-state index is -2.11. The van der Waals surface area contributed by atoms with Gasteiger partial charge in [0.05, 0.1) is 0 Å². The van der Waals surface area contributed by atoms with Gasteiger partial charge >= 0.3 is 0 Å². The fraction of sp³-hybridized carbons (Fsp3) is 0. The summed E-state index contributed by atoms with van der Waals surface area (Å²) in [7, 11) is 0. The molecule has 0 amide bonds. The Labute approximate surface area is 46.6 Å². The number of tetrazole rings is 1. The average Bonchev–Trinajstić information content (AvgIpc) is 2.12. The minimum Gasteiger partial charge on any atom is -0.300 e. The van der Waals surface area contributed by atoms with Crippen molar-refractivity contribution in [3.8, 4) is 0 Å². The van der Waals surface area contributed by atoms with Gasteiger partial charge in [0, 0.05) is 0 Å². The maximum Gasteiger partial charge on any atom is 0.287 e. The number of nitrogens with one attached hydrogen (secondary N) is 1. The molecule has 0 aliphatic carbocycles. The summed E-state index contributed by atoms with van der Waals surface area (Å²) in [5, 5.41) is 11.3. The highest BCUT2D eigenvalue weighted by Gasteiger charge is 2.01. The van der Waals surface area contributed by atoms with Crippen molar-refractivity contribution >= 4 is 11.1 Å². The van der Waals surface area contributed by atoms with E-state index in [0.717, 1.165) is 0 Å². The molecule has 0 spiro atoms. The van der Waals surface area contributed by atoms with E-state index in [9.17, 15) is 4.21 Å². The normalized spacial score (nSPS) is 13.6. The number of H-pyrrole nitrogens is 1. The molecule has 1 heterocycles. The predicted octanol–water partition coefficient (Wildman–Crippen LogP) is -1.22. The third kappa shape index (κ3) is 0.873. The molecule has 1 unspecified atom stereocenters. The molecule has 6 nitrogen and oxygen atoms in total. The van der Waals surface area contributed by atoms with Crippen molar-refractivity contribution in [3.63, 3.8) is 0 Å². The van der Waals surface area contributed by atoms with Crippen LogP contribution in [0.1, 0.15) is 0 Å². The van der Waals surface area contributed by atoms with Crippen LogP contribution in [0.2, 0.25) is 0 Å². The van der Waals surface area contributed by atoms with E-state index in [1.54, 1.807) is 0 Å². The summed E-state index contributed by atoms with van der Waals surface area (Å²) in [5.41, 5.74) is 0. The molecule has 0 aromatic carbocycles. The first-order valence-corrected chi connectivity index (χ1v) is 2.75. The van der Waals surface area contributed by atoms with Crippen LogP contribution in [-0.2, 0) is 11.1 Å². The first kappa shape index (κ1) is 5.32. The van der Waals surface area contributed by atoms with E-state index >= 15 is 0 Å². The smallest absolute Gasteiger partial charge is 0.287 e. The number of aromatic amines is 1. The molecule has 44 valence electrons. The summed E-state index contributed by atoms with van der Waals surface area (Å²) in [6, 6.07) is 0. The zero-order valence-electron chi connectivity index (χ0n) is 3.61. The van der Waals surface area contributed by atoms with Gasteiger partial charge in [-0.2, -0.15) is 5.21 Å². The van der Waals surface area contributed by atoms with Gasteiger partial charge in [0.25, 0.3) is 5.16 Å². The van der Waals surface area contributed by atoms with E-state index in [1.165, 1.54) is 0 Å². The maximum atomic E-state index is 9.99. The van der Waals surface area contributed by atoms with Gasteiger partial charge in [-0.3, -0.25) is 4.55 Å². The van der Waals surface area contributed by atoms with Crippen LogP contribution in [0.4, 0.5) is 0 Å². The second-order valence-corrected chi connectivity index (χ2v) is 1.81. The molecule has 0 saturated heterocycles. The molecule has 1 aromatic rings. The number of nitrogens with zero attached hydrogens (tertiary/aromatic N) is 3. The molecule has 1 rings (SSSR count). The molecule has 7 heteroatoms. The van der Waals surface area contributed by atoms with Crippen LogP contribution < -0.4 is 0 Å². The summed E-state index contributed by atoms with van der Waals surface area (Å²) < 4.78 is 18.2. The zero-order valence-corrected chi connectivity index (χ0v) is 4.42. The van der Waals surface area contributed by atoms with Crippen LogP contribution >= 0.6 is 0 Å². The van der Waals surface area contributed by atoms with Gasteiger partial charge in [-0.1, -0.05) is 5.10 Å². The molecule has 0 bridgehead atoms. The lowest BCUT2D eigenvalue weighted by molar-refractivity contribution is 0.555. The lowest BCUT2D eigenvalue weighted by Crippen LogP contribution is -1.89. The molecule has 1 aromatic heterocycles. The van der Waals surface area contributed by atoms with Crippen LogP contribution in [-0.4, -0.2) is 29.4 Å². The third-order valence-electron chi connectivity index (χ3n) is 0.482. The lowest BCUT2D eigenvalue weighted by Gasteiger charge is -1.74. The summed E-state index contributed by atoms with van der Waals surface area (Å²) in [6.07, 6.45) is 0. The predicted molar refractivity (Wildman–Crippen MR) is 23.2 cm³/mol. The molecule has 1 atom stereocenters. The van der Waals surface area contributed by atoms with Crippen LogP contribution in [0.25, 0.3) is 0 Å². The van der Waals surface area contributed by atoms with Crippen LogP contribution in [0.5, 0.6) is 0 Å². The number of hydrogen-bond donors (Lipinski definition) is 2. The third-order valence-corrected chi connectivity index (χ3v) is 0.967. The van der Waals surface area contributed by atoms with E-state index in [-0.39, 0.29) is 5.16 Å².